The lowest BCUT2D eigenvalue weighted by Crippen LogP contribution is -2.46. The molecule has 0 amide bonds. The Morgan fingerprint density at radius 1 is 0.824 bits per heavy atom. The van der Waals surface area contributed by atoms with Crippen LogP contribution in [0.5, 0.6) is 5.75 Å². The van der Waals surface area contributed by atoms with Crippen LogP contribution in [0.15, 0.2) is 89.3 Å². The zero-order valence-corrected chi connectivity index (χ0v) is 19.1. The Morgan fingerprint density at radius 3 is 1.91 bits per heavy atom. The number of nitrogens with zero attached hydrogens (tertiary/aromatic N) is 4. The molecule has 0 atom stereocenters. The molecule has 3 aromatic carbocycles. The van der Waals surface area contributed by atoms with Crippen LogP contribution in [0.3, 0.4) is 0 Å². The zero-order chi connectivity index (χ0) is 23.3. The summed E-state index contributed by atoms with van der Waals surface area (Å²) in [6.07, 6.45) is 0. The number of anilines is 2. The first-order valence-electron chi connectivity index (χ1n) is 11.4. The van der Waals surface area contributed by atoms with Crippen LogP contribution in [0.1, 0.15) is 28.6 Å². The molecular weight excluding hydrogens is 424 g/mol. The summed E-state index contributed by atoms with van der Waals surface area (Å²) in [5.74, 6) is 1.77. The number of methoxy groups -OCH3 is 1. The van der Waals surface area contributed by atoms with Gasteiger partial charge in [0.2, 0.25) is 17.5 Å². The van der Waals surface area contributed by atoms with Gasteiger partial charge in [-0.3, -0.25) is 0 Å². The quantitative estimate of drug-likeness (QED) is 0.409. The Bertz CT molecular complexity index is 1220. The lowest BCUT2D eigenvalue weighted by molar-refractivity contribution is 0.415. The van der Waals surface area contributed by atoms with E-state index in [9.17, 15) is 5.26 Å². The highest BCUT2D eigenvalue weighted by Crippen LogP contribution is 2.35. The van der Waals surface area contributed by atoms with E-state index in [4.69, 9.17) is 9.15 Å². The summed E-state index contributed by atoms with van der Waals surface area (Å²) in [4.78, 5) is 9.11. The monoisotopic (exact) mass is 450 g/mol. The van der Waals surface area contributed by atoms with Crippen LogP contribution in [0.4, 0.5) is 11.6 Å². The number of hydrogen-bond donors (Lipinski definition) is 0. The minimum atomic E-state index is -0.177. The van der Waals surface area contributed by atoms with Gasteiger partial charge in [-0.1, -0.05) is 60.7 Å². The molecule has 1 aliphatic heterocycles. The summed E-state index contributed by atoms with van der Waals surface area (Å²) < 4.78 is 11.6. The molecule has 1 aliphatic rings. The van der Waals surface area contributed by atoms with E-state index in [0.29, 0.717) is 17.5 Å². The number of piperazine rings is 1. The molecule has 1 aromatic heterocycles. The summed E-state index contributed by atoms with van der Waals surface area (Å²) in [5.41, 5.74) is 3.66. The van der Waals surface area contributed by atoms with Gasteiger partial charge < -0.3 is 19.0 Å². The first-order chi connectivity index (χ1) is 16.8. The standard InChI is InChI=1S/C28H26N4O2/c1-33-24-14-12-23(13-15-24)31-16-18-32(19-17-31)28-25(20-29)30-27(34-28)26(21-8-4-2-5-9-21)22-10-6-3-7-11-22/h2-15,26H,16-19H2,1H3. The van der Waals surface area contributed by atoms with Gasteiger partial charge >= 0.3 is 0 Å². The summed E-state index contributed by atoms with van der Waals surface area (Å²) in [5, 5.41) is 9.84. The highest BCUT2D eigenvalue weighted by atomic mass is 16.5. The van der Waals surface area contributed by atoms with Crippen molar-refractivity contribution in [3.05, 3.63) is 108 Å². The van der Waals surface area contributed by atoms with Gasteiger partial charge in [0.1, 0.15) is 11.8 Å². The largest absolute Gasteiger partial charge is 0.497 e. The molecule has 0 saturated carbocycles. The molecule has 6 heteroatoms. The van der Waals surface area contributed by atoms with E-state index < -0.39 is 0 Å². The van der Waals surface area contributed by atoms with Crippen LogP contribution in [0.2, 0.25) is 0 Å². The second kappa shape index (κ2) is 9.72. The van der Waals surface area contributed by atoms with Crippen molar-refractivity contribution < 1.29 is 9.15 Å². The second-order valence-electron chi connectivity index (χ2n) is 8.24. The summed E-state index contributed by atoms with van der Waals surface area (Å²) in [7, 11) is 1.67. The Hall–Kier alpha value is -4.24. The van der Waals surface area contributed by atoms with E-state index in [0.717, 1.165) is 48.7 Å². The van der Waals surface area contributed by atoms with Crippen molar-refractivity contribution in [2.75, 3.05) is 43.1 Å². The Kier molecular flexibility index (Phi) is 6.17. The van der Waals surface area contributed by atoms with Crippen molar-refractivity contribution in [1.29, 1.82) is 5.26 Å². The van der Waals surface area contributed by atoms with Crippen molar-refractivity contribution in [3.63, 3.8) is 0 Å². The van der Waals surface area contributed by atoms with Crippen molar-refractivity contribution in [2.45, 2.75) is 5.92 Å². The van der Waals surface area contributed by atoms with Gasteiger partial charge in [0.15, 0.2) is 0 Å². The zero-order valence-electron chi connectivity index (χ0n) is 19.1. The Balaban J connectivity index is 1.40. The van der Waals surface area contributed by atoms with Crippen LogP contribution in [0, 0.1) is 11.3 Å². The third kappa shape index (κ3) is 4.33. The Morgan fingerprint density at radius 2 is 1.38 bits per heavy atom. The molecule has 1 saturated heterocycles. The van der Waals surface area contributed by atoms with Crippen LogP contribution in [-0.2, 0) is 0 Å². The van der Waals surface area contributed by atoms with E-state index in [1.807, 2.05) is 48.5 Å². The number of oxazole rings is 1. The first-order valence-corrected chi connectivity index (χ1v) is 11.4. The molecule has 0 bridgehead atoms. The van der Waals surface area contributed by atoms with Gasteiger partial charge in [-0.15, -0.1) is 0 Å². The van der Waals surface area contributed by atoms with Crippen LogP contribution >= 0.6 is 0 Å². The topological polar surface area (TPSA) is 65.5 Å². The van der Waals surface area contributed by atoms with Gasteiger partial charge in [0.25, 0.3) is 0 Å². The summed E-state index contributed by atoms with van der Waals surface area (Å²) in [6, 6.07) is 30.7. The predicted molar refractivity (Wildman–Crippen MR) is 132 cm³/mol. The van der Waals surface area contributed by atoms with E-state index in [1.165, 1.54) is 0 Å². The molecule has 4 aromatic rings. The number of ether oxygens (including phenoxy) is 1. The maximum atomic E-state index is 9.84. The fourth-order valence-corrected chi connectivity index (χ4v) is 4.47. The number of aromatic nitrogens is 1. The number of rotatable bonds is 6. The van der Waals surface area contributed by atoms with Gasteiger partial charge in [0, 0.05) is 31.9 Å². The van der Waals surface area contributed by atoms with Crippen molar-refractivity contribution in [3.8, 4) is 11.8 Å². The highest BCUT2D eigenvalue weighted by Gasteiger charge is 2.28. The van der Waals surface area contributed by atoms with Gasteiger partial charge in [-0.25, -0.2) is 0 Å². The molecule has 0 unspecified atom stereocenters. The smallest absolute Gasteiger partial charge is 0.234 e. The highest BCUT2D eigenvalue weighted by molar-refractivity contribution is 5.54. The number of benzene rings is 3. The van der Waals surface area contributed by atoms with Crippen molar-refractivity contribution in [2.24, 2.45) is 0 Å². The van der Waals surface area contributed by atoms with Crippen LogP contribution in [0.25, 0.3) is 0 Å². The maximum Gasteiger partial charge on any atom is 0.234 e. The van der Waals surface area contributed by atoms with Crippen molar-refractivity contribution in [1.82, 2.24) is 4.98 Å². The minimum Gasteiger partial charge on any atom is -0.497 e. The normalized spacial score (nSPS) is 13.7. The number of nitriles is 1. The van der Waals surface area contributed by atoms with Crippen LogP contribution < -0.4 is 14.5 Å². The molecule has 5 rings (SSSR count). The summed E-state index contributed by atoms with van der Waals surface area (Å²) in [6.45, 7) is 3.15. The van der Waals surface area contributed by atoms with Gasteiger partial charge in [-0.2, -0.15) is 10.2 Å². The molecule has 34 heavy (non-hydrogen) atoms. The first kappa shape index (κ1) is 21.6. The second-order valence-corrected chi connectivity index (χ2v) is 8.24. The van der Waals surface area contributed by atoms with Gasteiger partial charge in [-0.05, 0) is 35.4 Å². The molecule has 0 radical (unpaired) electrons. The predicted octanol–water partition coefficient (Wildman–Crippen LogP) is 5.06. The fraction of sp³-hybridized carbons (Fsp3) is 0.214. The van der Waals surface area contributed by atoms with E-state index in [1.54, 1.807) is 7.11 Å². The lowest BCUT2D eigenvalue weighted by atomic mass is 9.91. The third-order valence-corrected chi connectivity index (χ3v) is 6.25. The van der Waals surface area contributed by atoms with E-state index >= 15 is 0 Å². The maximum absolute atomic E-state index is 9.84. The summed E-state index contributed by atoms with van der Waals surface area (Å²) >= 11 is 0. The SMILES string of the molecule is COc1ccc(N2CCN(c3oc(C(c4ccccc4)c4ccccc4)nc3C#N)CC2)cc1. The molecule has 1 fully saturated rings. The van der Waals surface area contributed by atoms with Gasteiger partial charge in [0.05, 0.1) is 13.0 Å². The van der Waals surface area contributed by atoms with E-state index in [2.05, 4.69) is 57.3 Å². The minimum absolute atomic E-state index is 0.177. The molecule has 2 heterocycles. The molecule has 170 valence electrons. The average Bonchev–Trinajstić information content (AvgIpc) is 3.34. The fourth-order valence-electron chi connectivity index (χ4n) is 4.47. The Labute approximate surface area is 199 Å². The molecule has 0 spiro atoms. The number of hydrogen-bond acceptors (Lipinski definition) is 6. The average molecular weight is 451 g/mol. The van der Waals surface area contributed by atoms with E-state index in [-0.39, 0.29) is 5.92 Å². The molecule has 0 aliphatic carbocycles. The van der Waals surface area contributed by atoms with Crippen molar-refractivity contribution >= 4 is 11.6 Å². The molecule has 0 N–H and O–H groups in total. The van der Waals surface area contributed by atoms with Crippen LogP contribution in [-0.4, -0.2) is 38.3 Å². The lowest BCUT2D eigenvalue weighted by Gasteiger charge is -2.36. The molecule has 6 nitrogen and oxygen atoms in total. The molecular formula is C28H26N4O2. The third-order valence-electron chi connectivity index (χ3n) is 6.25.